The molecule has 3 aromatic rings. The number of ether oxygens (including phenoxy) is 1. The molecule has 4 rings (SSSR count). The first-order valence-electron chi connectivity index (χ1n) is 8.03. The summed E-state index contributed by atoms with van der Waals surface area (Å²) in [5, 5.41) is 3.35. The van der Waals surface area contributed by atoms with Crippen LogP contribution in [0, 0.1) is 13.8 Å². The van der Waals surface area contributed by atoms with E-state index >= 15 is 0 Å². The molecule has 1 aromatic heterocycles. The molecule has 0 bridgehead atoms. The third kappa shape index (κ3) is 2.23. The van der Waals surface area contributed by atoms with E-state index in [0.717, 1.165) is 16.7 Å². The maximum Gasteiger partial charge on any atom is 0.288 e. The molecule has 0 saturated carbocycles. The Hall–Kier alpha value is -3.08. The molecule has 0 radical (unpaired) electrons. The van der Waals surface area contributed by atoms with Crippen molar-refractivity contribution in [1.82, 2.24) is 5.32 Å². The van der Waals surface area contributed by atoms with Gasteiger partial charge < -0.3 is 14.5 Å². The summed E-state index contributed by atoms with van der Waals surface area (Å²) in [7, 11) is 1.59. The molecule has 0 saturated heterocycles. The van der Waals surface area contributed by atoms with Gasteiger partial charge in [0.05, 0.1) is 24.1 Å². The van der Waals surface area contributed by atoms with Gasteiger partial charge in [0, 0.05) is 0 Å². The lowest BCUT2D eigenvalue weighted by Crippen LogP contribution is -2.21. The van der Waals surface area contributed by atoms with Gasteiger partial charge in [0.2, 0.25) is 5.76 Å². The van der Waals surface area contributed by atoms with Crippen molar-refractivity contribution in [1.29, 1.82) is 0 Å². The fourth-order valence-electron chi connectivity index (χ4n) is 3.25. The Morgan fingerprint density at radius 1 is 1.04 bits per heavy atom. The van der Waals surface area contributed by atoms with E-state index in [9.17, 15) is 9.59 Å². The van der Waals surface area contributed by atoms with Crippen molar-refractivity contribution in [3.63, 3.8) is 0 Å². The van der Waals surface area contributed by atoms with Gasteiger partial charge in [-0.25, -0.2) is 0 Å². The first kappa shape index (κ1) is 15.4. The molecule has 1 amide bonds. The van der Waals surface area contributed by atoms with Crippen LogP contribution in [0.2, 0.25) is 0 Å². The highest BCUT2D eigenvalue weighted by Crippen LogP contribution is 2.32. The minimum atomic E-state index is -0.518. The predicted octanol–water partition coefficient (Wildman–Crippen LogP) is 3.25. The largest absolute Gasteiger partial charge is 0.497 e. The summed E-state index contributed by atoms with van der Waals surface area (Å²) in [5.41, 5.74) is 3.38. The first-order valence-corrected chi connectivity index (χ1v) is 8.03. The highest BCUT2D eigenvalue weighted by atomic mass is 16.5. The molecule has 2 heterocycles. The predicted molar refractivity (Wildman–Crippen MR) is 94.3 cm³/mol. The fraction of sp³-hybridized carbons (Fsp3) is 0.200. The van der Waals surface area contributed by atoms with Crippen LogP contribution in [-0.4, -0.2) is 13.0 Å². The number of carbonyl (C=O) groups is 1. The Kier molecular flexibility index (Phi) is 3.39. The van der Waals surface area contributed by atoms with Gasteiger partial charge in [-0.3, -0.25) is 9.59 Å². The van der Waals surface area contributed by atoms with E-state index in [4.69, 9.17) is 9.15 Å². The lowest BCUT2D eigenvalue weighted by Gasteiger charge is -2.12. The maximum absolute atomic E-state index is 13.1. The SMILES string of the molecule is COc1ccc(C2NC(=O)c3oc4c(C)c(C)ccc4c(=O)c32)cc1. The van der Waals surface area contributed by atoms with Gasteiger partial charge in [0.15, 0.2) is 5.43 Å². The third-order valence-electron chi connectivity index (χ3n) is 4.83. The topological polar surface area (TPSA) is 68.5 Å². The summed E-state index contributed by atoms with van der Waals surface area (Å²) in [5.74, 6) is 0.452. The number of fused-ring (bicyclic) bond motifs is 2. The summed E-state index contributed by atoms with van der Waals surface area (Å²) in [6.45, 7) is 3.84. The van der Waals surface area contributed by atoms with E-state index in [0.29, 0.717) is 22.3 Å². The normalized spacial score (nSPS) is 16.0. The number of rotatable bonds is 2. The van der Waals surface area contributed by atoms with E-state index in [1.807, 2.05) is 32.0 Å². The van der Waals surface area contributed by atoms with Gasteiger partial charge in [0.25, 0.3) is 5.91 Å². The molecule has 1 unspecified atom stereocenters. The Morgan fingerprint density at radius 2 is 1.76 bits per heavy atom. The minimum absolute atomic E-state index is 0.104. The van der Waals surface area contributed by atoms with Crippen molar-refractivity contribution in [2.45, 2.75) is 19.9 Å². The van der Waals surface area contributed by atoms with E-state index in [-0.39, 0.29) is 17.1 Å². The second-order valence-corrected chi connectivity index (χ2v) is 6.24. The van der Waals surface area contributed by atoms with Crippen LogP contribution in [-0.2, 0) is 0 Å². The average Bonchev–Trinajstić information content (AvgIpc) is 2.96. The van der Waals surface area contributed by atoms with Gasteiger partial charge >= 0.3 is 0 Å². The standard InChI is InChI=1S/C20H17NO4/c1-10-4-9-14-17(22)15-16(12-5-7-13(24-3)8-6-12)21-20(23)19(15)25-18(14)11(10)2/h4-9,16H,1-3H3,(H,21,23). The first-order chi connectivity index (χ1) is 12.0. The Morgan fingerprint density at radius 3 is 2.44 bits per heavy atom. The van der Waals surface area contributed by atoms with Crippen molar-refractivity contribution in [2.24, 2.45) is 0 Å². The molecule has 5 nitrogen and oxygen atoms in total. The Labute approximate surface area is 144 Å². The van der Waals surface area contributed by atoms with Crippen LogP contribution in [0.15, 0.2) is 45.6 Å². The second-order valence-electron chi connectivity index (χ2n) is 6.24. The van der Waals surface area contributed by atoms with Crippen molar-refractivity contribution >= 4 is 16.9 Å². The van der Waals surface area contributed by atoms with Crippen LogP contribution < -0.4 is 15.5 Å². The molecule has 126 valence electrons. The quantitative estimate of drug-likeness (QED) is 0.780. The number of amides is 1. The number of hydrogen-bond donors (Lipinski definition) is 1. The molecule has 1 atom stereocenters. The van der Waals surface area contributed by atoms with Gasteiger partial charge in [-0.1, -0.05) is 18.2 Å². The number of methoxy groups -OCH3 is 1. The van der Waals surface area contributed by atoms with Crippen LogP contribution >= 0.6 is 0 Å². The zero-order chi connectivity index (χ0) is 17.7. The lowest BCUT2D eigenvalue weighted by atomic mass is 9.98. The summed E-state index contributed by atoms with van der Waals surface area (Å²) in [6.07, 6.45) is 0. The molecule has 1 aliphatic heterocycles. The van der Waals surface area contributed by atoms with Gasteiger partial charge in [-0.2, -0.15) is 0 Å². The van der Waals surface area contributed by atoms with Gasteiger partial charge in [-0.15, -0.1) is 0 Å². The average molecular weight is 335 g/mol. The lowest BCUT2D eigenvalue weighted by molar-refractivity contribution is 0.0938. The van der Waals surface area contributed by atoms with Crippen LogP contribution in [0.5, 0.6) is 5.75 Å². The zero-order valence-corrected chi connectivity index (χ0v) is 14.2. The van der Waals surface area contributed by atoms with Gasteiger partial charge in [0.1, 0.15) is 11.3 Å². The smallest absolute Gasteiger partial charge is 0.288 e. The Bertz CT molecular complexity index is 1060. The molecule has 1 N–H and O–H groups in total. The summed E-state index contributed by atoms with van der Waals surface area (Å²) >= 11 is 0. The fourth-order valence-corrected chi connectivity index (χ4v) is 3.25. The third-order valence-corrected chi connectivity index (χ3v) is 4.83. The number of nitrogens with one attached hydrogen (secondary N) is 1. The summed E-state index contributed by atoms with van der Waals surface area (Å²) in [4.78, 5) is 25.5. The molecule has 25 heavy (non-hydrogen) atoms. The molecule has 5 heteroatoms. The monoisotopic (exact) mass is 335 g/mol. The van der Waals surface area contributed by atoms with Crippen LogP contribution in [0.4, 0.5) is 0 Å². The van der Waals surface area contributed by atoms with E-state index < -0.39 is 6.04 Å². The van der Waals surface area contributed by atoms with Gasteiger partial charge in [-0.05, 0) is 48.7 Å². The number of carbonyl (C=O) groups excluding carboxylic acids is 1. The van der Waals surface area contributed by atoms with Crippen molar-refractivity contribution < 1.29 is 13.9 Å². The second kappa shape index (κ2) is 5.48. The molecule has 1 aliphatic rings. The van der Waals surface area contributed by atoms with Crippen molar-refractivity contribution in [3.05, 3.63) is 74.6 Å². The summed E-state index contributed by atoms with van der Waals surface area (Å²) < 4.78 is 11.0. The van der Waals surface area contributed by atoms with E-state index in [2.05, 4.69) is 5.32 Å². The van der Waals surface area contributed by atoms with E-state index in [1.165, 1.54) is 0 Å². The highest BCUT2D eigenvalue weighted by molar-refractivity contribution is 5.99. The summed E-state index contributed by atoms with van der Waals surface area (Å²) in [6, 6.07) is 10.4. The minimum Gasteiger partial charge on any atom is -0.497 e. The van der Waals surface area contributed by atoms with E-state index in [1.54, 1.807) is 25.3 Å². The number of benzene rings is 2. The molecular weight excluding hydrogens is 318 g/mol. The number of hydrogen-bond acceptors (Lipinski definition) is 4. The zero-order valence-electron chi connectivity index (χ0n) is 14.2. The molecule has 0 aliphatic carbocycles. The molecule has 2 aromatic carbocycles. The Balaban J connectivity index is 1.96. The highest BCUT2D eigenvalue weighted by Gasteiger charge is 2.36. The molecular formula is C20H17NO4. The maximum atomic E-state index is 13.1. The van der Waals surface area contributed by atoms with Crippen LogP contribution in [0.25, 0.3) is 11.0 Å². The van der Waals surface area contributed by atoms with Crippen LogP contribution in [0.3, 0.4) is 0 Å². The molecule has 0 fully saturated rings. The van der Waals surface area contributed by atoms with Crippen molar-refractivity contribution in [2.75, 3.05) is 7.11 Å². The molecule has 0 spiro atoms. The van der Waals surface area contributed by atoms with Crippen LogP contribution in [0.1, 0.15) is 38.9 Å². The number of aryl methyl sites for hydroxylation is 2. The van der Waals surface area contributed by atoms with Crippen molar-refractivity contribution in [3.8, 4) is 5.75 Å².